The van der Waals surface area contributed by atoms with E-state index < -0.39 is 7.60 Å². The average molecular weight is 258 g/mol. The molecule has 0 atom stereocenters. The van der Waals surface area contributed by atoms with Gasteiger partial charge < -0.3 is 24.0 Å². The van der Waals surface area contributed by atoms with E-state index in [1.807, 2.05) is 0 Å². The third kappa shape index (κ3) is 7.33. The second-order valence-corrected chi connectivity index (χ2v) is 5.05. The summed E-state index contributed by atoms with van der Waals surface area (Å²) < 4.78 is 32.3. The van der Waals surface area contributed by atoms with Crippen LogP contribution >= 0.6 is 7.60 Å². The topological polar surface area (TPSA) is 85.5 Å². The van der Waals surface area contributed by atoms with E-state index in [-0.39, 0.29) is 11.8 Å². The minimum Gasteiger partial charge on any atom is -0.412 e. The summed E-state index contributed by atoms with van der Waals surface area (Å²) in [6.45, 7) is 4.33. The van der Waals surface area contributed by atoms with Crippen molar-refractivity contribution in [3.8, 4) is 0 Å². The predicted octanol–water partition coefficient (Wildman–Crippen LogP) is 1.44. The molecule has 7 heteroatoms. The Bertz CT molecular complexity index is 184. The summed E-state index contributed by atoms with van der Waals surface area (Å²) in [6, 6.07) is 0. The molecule has 0 aliphatic heterocycles. The van der Waals surface area contributed by atoms with E-state index in [1.54, 1.807) is 28.1 Å². The molecule has 6 nitrogen and oxygen atoms in total. The molecule has 0 saturated heterocycles. The molecule has 0 aromatic rings. The lowest BCUT2D eigenvalue weighted by atomic mass is 10.5. The second kappa shape index (κ2) is 10.2. The van der Waals surface area contributed by atoms with Crippen molar-refractivity contribution in [3.63, 3.8) is 0 Å². The molecule has 0 rings (SSSR count). The Morgan fingerprint density at radius 1 is 1.06 bits per heavy atom. The summed E-state index contributed by atoms with van der Waals surface area (Å²) in [7, 11) is 0.125. The fourth-order valence-electron chi connectivity index (χ4n) is 1.16. The first kappa shape index (κ1) is 18.4. The van der Waals surface area contributed by atoms with E-state index in [0.717, 1.165) is 0 Å². The highest BCUT2D eigenvalue weighted by Crippen LogP contribution is 2.48. The largest absolute Gasteiger partial charge is 0.412 e. The second-order valence-electron chi connectivity index (χ2n) is 2.86. The van der Waals surface area contributed by atoms with Crippen LogP contribution in [0.1, 0.15) is 20.3 Å². The fourth-order valence-corrected chi connectivity index (χ4v) is 2.80. The normalized spacial score (nSPS) is 11.6. The molecule has 0 saturated carbocycles. The molecule has 2 N–H and O–H groups in total. The van der Waals surface area contributed by atoms with Gasteiger partial charge in [0.1, 0.15) is 0 Å². The highest BCUT2D eigenvalue weighted by Gasteiger charge is 2.24. The SMILES string of the molecule is CCOP(=O)(CCC(OC)OC)OCC.O. The Balaban J connectivity index is 0. The number of ether oxygens (including phenoxy) is 2. The first-order valence-corrected chi connectivity index (χ1v) is 6.78. The maximum Gasteiger partial charge on any atom is 0.330 e. The third-order valence-electron chi connectivity index (χ3n) is 1.82. The summed E-state index contributed by atoms with van der Waals surface area (Å²) in [4.78, 5) is 0. The van der Waals surface area contributed by atoms with Crippen molar-refractivity contribution in [2.45, 2.75) is 26.6 Å². The molecule has 0 unspecified atom stereocenters. The molecule has 0 aliphatic carbocycles. The van der Waals surface area contributed by atoms with Crippen molar-refractivity contribution in [1.29, 1.82) is 0 Å². The zero-order valence-electron chi connectivity index (χ0n) is 10.4. The van der Waals surface area contributed by atoms with Crippen LogP contribution in [0.5, 0.6) is 0 Å². The van der Waals surface area contributed by atoms with Gasteiger partial charge in [-0.2, -0.15) is 0 Å². The number of hydrogen-bond donors (Lipinski definition) is 0. The average Bonchev–Trinajstić information content (AvgIpc) is 2.20. The maximum atomic E-state index is 12.0. The minimum absolute atomic E-state index is 0. The van der Waals surface area contributed by atoms with Gasteiger partial charge in [0.25, 0.3) is 0 Å². The van der Waals surface area contributed by atoms with Gasteiger partial charge in [0.2, 0.25) is 0 Å². The molecule has 0 amide bonds. The Hall–Kier alpha value is 0.0300. The molecule has 0 fully saturated rings. The van der Waals surface area contributed by atoms with Crippen LogP contribution in [0.25, 0.3) is 0 Å². The molecule has 0 aromatic carbocycles. The Morgan fingerprint density at radius 3 is 1.81 bits per heavy atom. The number of hydrogen-bond acceptors (Lipinski definition) is 5. The zero-order valence-corrected chi connectivity index (χ0v) is 11.3. The van der Waals surface area contributed by atoms with E-state index in [2.05, 4.69) is 0 Å². The van der Waals surface area contributed by atoms with Gasteiger partial charge in [-0.25, -0.2) is 0 Å². The van der Waals surface area contributed by atoms with E-state index in [9.17, 15) is 4.57 Å². The molecule has 0 aromatic heterocycles. The van der Waals surface area contributed by atoms with Crippen LogP contribution in [-0.2, 0) is 23.1 Å². The van der Waals surface area contributed by atoms with Gasteiger partial charge in [0.05, 0.1) is 19.4 Å². The third-order valence-corrected chi connectivity index (χ3v) is 3.93. The molecule has 16 heavy (non-hydrogen) atoms. The molecule has 100 valence electrons. The monoisotopic (exact) mass is 258 g/mol. The van der Waals surface area contributed by atoms with Crippen molar-refractivity contribution >= 4 is 7.60 Å². The molecule has 0 aliphatic rings. The van der Waals surface area contributed by atoms with Gasteiger partial charge in [0.15, 0.2) is 6.29 Å². The Morgan fingerprint density at radius 2 is 1.50 bits per heavy atom. The van der Waals surface area contributed by atoms with Gasteiger partial charge in [-0.05, 0) is 13.8 Å². The number of methoxy groups -OCH3 is 2. The molecule has 0 bridgehead atoms. The van der Waals surface area contributed by atoms with Crippen LogP contribution in [0.15, 0.2) is 0 Å². The molecular weight excluding hydrogens is 235 g/mol. The highest BCUT2D eigenvalue weighted by atomic mass is 31.2. The lowest BCUT2D eigenvalue weighted by molar-refractivity contribution is -0.103. The van der Waals surface area contributed by atoms with Crippen LogP contribution in [-0.4, -0.2) is 45.4 Å². The smallest absolute Gasteiger partial charge is 0.330 e. The fraction of sp³-hybridized carbons (Fsp3) is 1.00. The van der Waals surface area contributed by atoms with Crippen molar-refractivity contribution in [3.05, 3.63) is 0 Å². The van der Waals surface area contributed by atoms with E-state index in [1.165, 1.54) is 0 Å². The van der Waals surface area contributed by atoms with Gasteiger partial charge in [0, 0.05) is 20.6 Å². The van der Waals surface area contributed by atoms with E-state index in [0.29, 0.717) is 25.8 Å². The summed E-state index contributed by atoms with van der Waals surface area (Å²) in [5.41, 5.74) is 0. The first-order chi connectivity index (χ1) is 7.11. The standard InChI is InChI=1S/C9H21O5P.H2O/c1-5-13-15(10,14-6-2)8-7-9(11-3)12-4;/h9H,5-8H2,1-4H3;1H2. The highest BCUT2D eigenvalue weighted by molar-refractivity contribution is 7.53. The van der Waals surface area contributed by atoms with Crippen LogP contribution in [0.2, 0.25) is 0 Å². The van der Waals surface area contributed by atoms with E-state index in [4.69, 9.17) is 18.5 Å². The van der Waals surface area contributed by atoms with Crippen molar-refractivity contribution in [2.24, 2.45) is 0 Å². The number of rotatable bonds is 9. The Kier molecular flexibility index (Phi) is 11.7. The lowest BCUT2D eigenvalue weighted by Gasteiger charge is -2.19. The molecule has 0 heterocycles. The summed E-state index contributed by atoms with van der Waals surface area (Å²) in [5.74, 6) is 0. The predicted molar refractivity (Wildman–Crippen MR) is 61.8 cm³/mol. The van der Waals surface area contributed by atoms with Crippen molar-refractivity contribution < 1.29 is 28.6 Å². The minimum atomic E-state index is -2.96. The lowest BCUT2D eigenvalue weighted by Crippen LogP contribution is -2.15. The van der Waals surface area contributed by atoms with E-state index >= 15 is 0 Å². The van der Waals surface area contributed by atoms with Crippen LogP contribution < -0.4 is 0 Å². The Labute approximate surface area is 97.1 Å². The van der Waals surface area contributed by atoms with Gasteiger partial charge in [-0.3, -0.25) is 4.57 Å². The summed E-state index contributed by atoms with van der Waals surface area (Å²) in [5, 5.41) is 0. The molecular formula is C9H23O6P. The van der Waals surface area contributed by atoms with Crippen LogP contribution in [0.3, 0.4) is 0 Å². The van der Waals surface area contributed by atoms with Crippen molar-refractivity contribution in [2.75, 3.05) is 33.6 Å². The van der Waals surface area contributed by atoms with Gasteiger partial charge in [-0.1, -0.05) is 0 Å². The summed E-state index contributed by atoms with van der Waals surface area (Å²) in [6.07, 6.45) is 0.435. The van der Waals surface area contributed by atoms with Gasteiger partial charge >= 0.3 is 7.60 Å². The molecule has 0 radical (unpaired) electrons. The zero-order chi connectivity index (χ0) is 11.7. The summed E-state index contributed by atoms with van der Waals surface area (Å²) >= 11 is 0. The molecule has 0 spiro atoms. The van der Waals surface area contributed by atoms with Gasteiger partial charge in [-0.15, -0.1) is 0 Å². The van der Waals surface area contributed by atoms with Crippen LogP contribution in [0.4, 0.5) is 0 Å². The quantitative estimate of drug-likeness (QED) is 0.461. The van der Waals surface area contributed by atoms with Crippen molar-refractivity contribution in [1.82, 2.24) is 0 Å². The maximum absolute atomic E-state index is 12.0. The van der Waals surface area contributed by atoms with Crippen LogP contribution in [0, 0.1) is 0 Å². The first-order valence-electron chi connectivity index (χ1n) is 5.05.